The standard InChI is InChI=1S/C14H10N2/c15-7-11-5-6-12(8-16)14-10-2-1-9(3-4-10)13(11)14/h1-8,15-16H. The third-order valence-corrected chi connectivity index (χ3v) is 3.04. The molecule has 0 aliphatic heterocycles. The normalized spacial score (nSPS) is 11.0. The predicted molar refractivity (Wildman–Crippen MR) is 68.4 cm³/mol. The van der Waals surface area contributed by atoms with E-state index in [9.17, 15) is 0 Å². The van der Waals surface area contributed by atoms with Crippen LogP contribution in [0.3, 0.4) is 0 Å². The average Bonchev–Trinajstić information content (AvgIpc) is 2.38. The van der Waals surface area contributed by atoms with Crippen molar-refractivity contribution in [3.63, 3.8) is 0 Å². The Morgan fingerprint density at radius 1 is 0.625 bits per heavy atom. The first-order valence-corrected chi connectivity index (χ1v) is 5.14. The third kappa shape index (κ3) is 1.01. The second-order valence-electron chi connectivity index (χ2n) is 3.86. The summed E-state index contributed by atoms with van der Waals surface area (Å²) >= 11 is 0. The molecule has 0 spiro atoms. The molecule has 0 aromatic heterocycles. The van der Waals surface area contributed by atoms with Gasteiger partial charge in [-0.15, -0.1) is 0 Å². The first-order valence-electron chi connectivity index (χ1n) is 5.14. The van der Waals surface area contributed by atoms with Crippen molar-refractivity contribution in [1.82, 2.24) is 0 Å². The summed E-state index contributed by atoms with van der Waals surface area (Å²) in [5.41, 5.74) is 1.84. The lowest BCUT2D eigenvalue weighted by atomic mass is 9.92. The maximum absolute atomic E-state index is 7.44. The molecule has 76 valence electrons. The molecular formula is C14H10N2. The van der Waals surface area contributed by atoms with Crippen LogP contribution in [0.1, 0.15) is 11.1 Å². The van der Waals surface area contributed by atoms with Gasteiger partial charge in [0, 0.05) is 23.6 Å². The smallest absolute Gasteiger partial charge is 0.0256 e. The SMILES string of the molecule is N=Cc1ccc(C=N)c2c3ccc(cc3)c12. The summed E-state index contributed by atoms with van der Waals surface area (Å²) in [7, 11) is 0. The lowest BCUT2D eigenvalue weighted by Gasteiger charge is -2.11. The minimum absolute atomic E-state index is 0.918. The summed E-state index contributed by atoms with van der Waals surface area (Å²) in [5.74, 6) is 0. The Morgan fingerprint density at radius 2 is 1.00 bits per heavy atom. The highest BCUT2D eigenvalue weighted by Gasteiger charge is 2.09. The molecule has 4 aromatic carbocycles. The van der Waals surface area contributed by atoms with E-state index in [1.54, 1.807) is 0 Å². The Kier molecular flexibility index (Phi) is 1.77. The molecule has 16 heavy (non-hydrogen) atoms. The molecule has 0 unspecified atom stereocenters. The molecule has 2 heteroatoms. The van der Waals surface area contributed by atoms with E-state index in [1.165, 1.54) is 12.4 Å². The van der Waals surface area contributed by atoms with E-state index in [2.05, 4.69) is 24.3 Å². The largest absolute Gasteiger partial charge is 0.308 e. The topological polar surface area (TPSA) is 47.7 Å². The molecule has 4 aromatic rings. The van der Waals surface area contributed by atoms with Crippen molar-refractivity contribution in [2.24, 2.45) is 0 Å². The van der Waals surface area contributed by atoms with E-state index in [-0.39, 0.29) is 0 Å². The van der Waals surface area contributed by atoms with Gasteiger partial charge >= 0.3 is 0 Å². The fourth-order valence-electron chi connectivity index (χ4n) is 2.30. The average molecular weight is 206 g/mol. The number of rotatable bonds is 2. The molecule has 0 saturated carbocycles. The van der Waals surface area contributed by atoms with E-state index in [0.717, 1.165) is 32.7 Å². The highest BCUT2D eigenvalue weighted by atomic mass is 14.3. The van der Waals surface area contributed by atoms with Crippen molar-refractivity contribution in [3.8, 4) is 0 Å². The van der Waals surface area contributed by atoms with E-state index in [4.69, 9.17) is 10.8 Å². The molecule has 0 heterocycles. The van der Waals surface area contributed by atoms with Crippen LogP contribution in [0.2, 0.25) is 0 Å². The van der Waals surface area contributed by atoms with Crippen LogP contribution >= 0.6 is 0 Å². The minimum atomic E-state index is 0.918. The Hall–Kier alpha value is -2.22. The van der Waals surface area contributed by atoms with Crippen LogP contribution in [0.5, 0.6) is 0 Å². The van der Waals surface area contributed by atoms with Gasteiger partial charge < -0.3 is 10.8 Å². The van der Waals surface area contributed by atoms with Crippen LogP contribution in [-0.4, -0.2) is 12.4 Å². The summed E-state index contributed by atoms with van der Waals surface area (Å²) < 4.78 is 0. The van der Waals surface area contributed by atoms with Crippen LogP contribution < -0.4 is 0 Å². The molecule has 0 radical (unpaired) electrons. The highest BCUT2D eigenvalue weighted by Crippen LogP contribution is 2.32. The van der Waals surface area contributed by atoms with Crippen LogP contribution in [0.4, 0.5) is 0 Å². The molecule has 0 fully saturated rings. The first kappa shape index (κ1) is 9.04. The van der Waals surface area contributed by atoms with E-state index >= 15 is 0 Å². The molecule has 2 bridgehead atoms. The van der Waals surface area contributed by atoms with Gasteiger partial charge in [0.05, 0.1) is 0 Å². The molecule has 0 saturated heterocycles. The zero-order chi connectivity index (χ0) is 11.1. The van der Waals surface area contributed by atoms with Gasteiger partial charge in [0.2, 0.25) is 0 Å². The maximum atomic E-state index is 7.44. The molecule has 0 amide bonds. The number of benzene rings is 4. The third-order valence-electron chi connectivity index (χ3n) is 3.04. The van der Waals surface area contributed by atoms with Crippen LogP contribution in [-0.2, 0) is 0 Å². The Bertz CT molecular complexity index is 617. The van der Waals surface area contributed by atoms with Gasteiger partial charge in [0.25, 0.3) is 0 Å². The van der Waals surface area contributed by atoms with Gasteiger partial charge in [0.15, 0.2) is 0 Å². The van der Waals surface area contributed by atoms with Gasteiger partial charge in [-0.25, -0.2) is 0 Å². The molecule has 0 aliphatic carbocycles. The second kappa shape index (κ2) is 3.14. The summed E-state index contributed by atoms with van der Waals surface area (Å²) in [5, 5.41) is 19.3. The Balaban J connectivity index is 2.67. The van der Waals surface area contributed by atoms with Gasteiger partial charge in [-0.1, -0.05) is 36.4 Å². The molecular weight excluding hydrogens is 196 g/mol. The summed E-state index contributed by atoms with van der Waals surface area (Å²) in [6.45, 7) is 0. The molecule has 2 N–H and O–H groups in total. The lowest BCUT2D eigenvalue weighted by Crippen LogP contribution is -1.92. The van der Waals surface area contributed by atoms with Gasteiger partial charge in [0.1, 0.15) is 0 Å². The van der Waals surface area contributed by atoms with E-state index < -0.39 is 0 Å². The Labute approximate surface area is 92.9 Å². The zero-order valence-corrected chi connectivity index (χ0v) is 8.62. The van der Waals surface area contributed by atoms with Crippen molar-refractivity contribution in [1.29, 1.82) is 10.8 Å². The molecule has 0 atom stereocenters. The maximum Gasteiger partial charge on any atom is 0.0256 e. The zero-order valence-electron chi connectivity index (χ0n) is 8.62. The summed E-state index contributed by atoms with van der Waals surface area (Å²) in [4.78, 5) is 0. The molecule has 4 rings (SSSR count). The highest BCUT2D eigenvalue weighted by molar-refractivity contribution is 6.20. The number of nitrogens with one attached hydrogen (secondary N) is 2. The van der Waals surface area contributed by atoms with E-state index in [0.29, 0.717) is 0 Å². The lowest BCUT2D eigenvalue weighted by molar-refractivity contribution is 1.54. The second-order valence-corrected chi connectivity index (χ2v) is 3.86. The minimum Gasteiger partial charge on any atom is -0.308 e. The summed E-state index contributed by atoms with van der Waals surface area (Å²) in [6, 6.07) is 12.1. The van der Waals surface area contributed by atoms with Crippen molar-refractivity contribution in [3.05, 3.63) is 47.5 Å². The van der Waals surface area contributed by atoms with Crippen molar-refractivity contribution >= 4 is 34.0 Å². The van der Waals surface area contributed by atoms with Gasteiger partial charge in [-0.3, -0.25) is 0 Å². The van der Waals surface area contributed by atoms with Crippen LogP contribution in [0.15, 0.2) is 36.4 Å². The van der Waals surface area contributed by atoms with Crippen LogP contribution in [0, 0.1) is 10.8 Å². The van der Waals surface area contributed by atoms with Crippen LogP contribution in [0.25, 0.3) is 21.5 Å². The fourth-order valence-corrected chi connectivity index (χ4v) is 2.30. The van der Waals surface area contributed by atoms with Gasteiger partial charge in [-0.2, -0.15) is 0 Å². The molecule has 0 aliphatic rings. The van der Waals surface area contributed by atoms with Crippen molar-refractivity contribution in [2.75, 3.05) is 0 Å². The number of hydrogen-bond acceptors (Lipinski definition) is 2. The van der Waals surface area contributed by atoms with Crippen molar-refractivity contribution in [2.45, 2.75) is 0 Å². The quantitative estimate of drug-likeness (QED) is 0.603. The number of hydrogen-bond donors (Lipinski definition) is 2. The Morgan fingerprint density at radius 3 is 1.31 bits per heavy atom. The molecule has 2 nitrogen and oxygen atoms in total. The van der Waals surface area contributed by atoms with Gasteiger partial charge in [-0.05, 0) is 21.5 Å². The monoisotopic (exact) mass is 206 g/mol. The first-order chi connectivity index (χ1) is 7.85. The van der Waals surface area contributed by atoms with E-state index in [1.807, 2.05) is 12.1 Å². The fraction of sp³-hybridized carbons (Fsp3) is 0. The summed E-state index contributed by atoms with van der Waals surface area (Å²) in [6.07, 6.45) is 2.75. The van der Waals surface area contributed by atoms with Crippen molar-refractivity contribution < 1.29 is 0 Å². The number of fused-ring (bicyclic) bond motifs is 2. The predicted octanol–water partition coefficient (Wildman–Crippen LogP) is 3.43.